The molecule has 1 atom stereocenters. The van der Waals surface area contributed by atoms with Gasteiger partial charge in [-0.1, -0.05) is 60.7 Å². The molecule has 0 saturated carbocycles. The second-order valence-electron chi connectivity index (χ2n) is 5.55. The van der Waals surface area contributed by atoms with Crippen LogP contribution in [0.25, 0.3) is 10.8 Å². The van der Waals surface area contributed by atoms with Gasteiger partial charge in [0.25, 0.3) is 0 Å². The zero-order valence-corrected chi connectivity index (χ0v) is 13.0. The summed E-state index contributed by atoms with van der Waals surface area (Å²) in [5.41, 5.74) is 1.12. The third-order valence-corrected chi connectivity index (χ3v) is 4.00. The van der Waals surface area contributed by atoms with Gasteiger partial charge in [0.2, 0.25) is 0 Å². The highest BCUT2D eigenvalue weighted by Crippen LogP contribution is 2.28. The Balaban J connectivity index is 1.65. The van der Waals surface area contributed by atoms with Crippen molar-refractivity contribution in [1.29, 1.82) is 5.26 Å². The summed E-state index contributed by atoms with van der Waals surface area (Å²) < 4.78 is 5.71. The van der Waals surface area contributed by atoms with Crippen molar-refractivity contribution in [3.05, 3.63) is 78.4 Å². The van der Waals surface area contributed by atoms with Crippen molar-refractivity contribution in [2.45, 2.75) is 18.8 Å². The Hall–Kier alpha value is -2.79. The first kappa shape index (κ1) is 15.1. The van der Waals surface area contributed by atoms with E-state index in [1.54, 1.807) is 0 Å². The smallest absolute Gasteiger partial charge is 0.119 e. The summed E-state index contributed by atoms with van der Waals surface area (Å²) in [4.78, 5) is 0. The number of hydrogen-bond donors (Lipinski definition) is 0. The molecule has 3 rings (SSSR count). The minimum absolute atomic E-state index is 0.0968. The van der Waals surface area contributed by atoms with Crippen LogP contribution in [-0.4, -0.2) is 6.61 Å². The molecule has 0 radical (unpaired) electrons. The molecule has 0 bridgehead atoms. The van der Waals surface area contributed by atoms with E-state index in [1.807, 2.05) is 48.5 Å². The Morgan fingerprint density at radius 3 is 2.43 bits per heavy atom. The molecule has 0 aliphatic heterocycles. The summed E-state index contributed by atoms with van der Waals surface area (Å²) in [7, 11) is 0. The number of nitrogens with zero attached hydrogens (tertiary/aromatic N) is 1. The van der Waals surface area contributed by atoms with Crippen LogP contribution >= 0.6 is 0 Å². The molecule has 0 amide bonds. The Labute approximate surface area is 137 Å². The van der Waals surface area contributed by atoms with E-state index in [0.717, 1.165) is 24.2 Å². The molecule has 114 valence electrons. The van der Waals surface area contributed by atoms with Crippen molar-refractivity contribution in [3.8, 4) is 11.8 Å². The van der Waals surface area contributed by atoms with Gasteiger partial charge in [0, 0.05) is 0 Å². The quantitative estimate of drug-likeness (QED) is 0.578. The average molecular weight is 301 g/mol. The molecule has 0 N–H and O–H groups in total. The monoisotopic (exact) mass is 301 g/mol. The van der Waals surface area contributed by atoms with Gasteiger partial charge in [-0.15, -0.1) is 0 Å². The van der Waals surface area contributed by atoms with E-state index >= 15 is 0 Å². The Morgan fingerprint density at radius 1 is 0.870 bits per heavy atom. The molecule has 0 aromatic heterocycles. The lowest BCUT2D eigenvalue weighted by molar-refractivity contribution is 0.305. The summed E-state index contributed by atoms with van der Waals surface area (Å²) in [6.45, 7) is 0.632. The Morgan fingerprint density at radius 2 is 1.61 bits per heavy atom. The molecular formula is C21H19NO. The fourth-order valence-corrected chi connectivity index (χ4v) is 2.84. The second-order valence-corrected chi connectivity index (χ2v) is 5.55. The highest BCUT2D eigenvalue weighted by atomic mass is 16.5. The number of benzene rings is 3. The van der Waals surface area contributed by atoms with Crippen molar-refractivity contribution < 1.29 is 4.74 Å². The summed E-state index contributed by atoms with van der Waals surface area (Å²) in [5, 5.41) is 11.9. The molecule has 0 aliphatic carbocycles. The first-order chi connectivity index (χ1) is 11.4. The minimum Gasteiger partial charge on any atom is -0.494 e. The van der Waals surface area contributed by atoms with E-state index in [2.05, 4.69) is 30.3 Å². The predicted molar refractivity (Wildman–Crippen MR) is 93.5 cm³/mol. The minimum atomic E-state index is -0.0968. The third kappa shape index (κ3) is 3.70. The van der Waals surface area contributed by atoms with Gasteiger partial charge in [-0.25, -0.2) is 0 Å². The molecule has 1 unspecified atom stereocenters. The van der Waals surface area contributed by atoms with Gasteiger partial charge in [-0.3, -0.25) is 0 Å². The molecule has 0 spiro atoms. The van der Waals surface area contributed by atoms with Gasteiger partial charge in [0.1, 0.15) is 5.75 Å². The fraction of sp³-hybridized carbons (Fsp3) is 0.190. The van der Waals surface area contributed by atoms with E-state index in [4.69, 9.17) is 4.74 Å². The molecule has 23 heavy (non-hydrogen) atoms. The Bertz CT molecular complexity index is 799. The van der Waals surface area contributed by atoms with Crippen LogP contribution < -0.4 is 4.74 Å². The van der Waals surface area contributed by atoms with Gasteiger partial charge in [0.15, 0.2) is 0 Å². The zero-order valence-electron chi connectivity index (χ0n) is 13.0. The lowest BCUT2D eigenvalue weighted by atomic mass is 9.91. The highest BCUT2D eigenvalue weighted by molar-refractivity contribution is 5.86. The molecule has 3 aromatic rings. The first-order valence-electron chi connectivity index (χ1n) is 7.93. The molecule has 0 aliphatic rings. The van der Waals surface area contributed by atoms with Crippen molar-refractivity contribution in [2.75, 3.05) is 6.61 Å². The van der Waals surface area contributed by atoms with Crippen LogP contribution in [0.2, 0.25) is 0 Å². The number of nitriles is 1. The standard InChI is InChI=1S/C21H19NO/c22-16-18(10-7-15-23-19-11-2-1-3-12-19)21-14-6-9-17-8-4-5-13-20(17)21/h1-6,8-9,11-14,18H,7,10,15H2. The topological polar surface area (TPSA) is 33.0 Å². The van der Waals surface area contributed by atoms with Crippen LogP contribution in [0.3, 0.4) is 0 Å². The molecule has 0 heterocycles. The summed E-state index contributed by atoms with van der Waals surface area (Å²) in [6.07, 6.45) is 1.66. The van der Waals surface area contributed by atoms with Crippen LogP contribution in [0, 0.1) is 11.3 Å². The third-order valence-electron chi connectivity index (χ3n) is 4.00. The maximum atomic E-state index is 9.56. The van der Waals surface area contributed by atoms with Gasteiger partial charge < -0.3 is 4.74 Å². The number of rotatable bonds is 6. The van der Waals surface area contributed by atoms with Crippen LogP contribution in [0.15, 0.2) is 72.8 Å². The predicted octanol–water partition coefficient (Wildman–Crippen LogP) is 5.31. The van der Waals surface area contributed by atoms with Gasteiger partial charge in [0.05, 0.1) is 18.6 Å². The van der Waals surface area contributed by atoms with Crippen LogP contribution in [0.5, 0.6) is 5.75 Å². The summed E-state index contributed by atoms with van der Waals surface area (Å²) >= 11 is 0. The van der Waals surface area contributed by atoms with Crippen molar-refractivity contribution in [3.63, 3.8) is 0 Å². The SMILES string of the molecule is N#CC(CCCOc1ccccc1)c1cccc2ccccc12. The lowest BCUT2D eigenvalue weighted by Gasteiger charge is -2.13. The normalized spacial score (nSPS) is 11.8. The molecule has 2 heteroatoms. The zero-order chi connectivity index (χ0) is 15.9. The van der Waals surface area contributed by atoms with Crippen molar-refractivity contribution in [2.24, 2.45) is 0 Å². The lowest BCUT2D eigenvalue weighted by Crippen LogP contribution is -2.02. The maximum absolute atomic E-state index is 9.56. The average Bonchev–Trinajstić information content (AvgIpc) is 2.62. The Kier molecular flexibility index (Phi) is 4.91. The van der Waals surface area contributed by atoms with Crippen LogP contribution in [0.1, 0.15) is 24.3 Å². The van der Waals surface area contributed by atoms with E-state index < -0.39 is 0 Å². The number of para-hydroxylation sites is 1. The van der Waals surface area contributed by atoms with Crippen LogP contribution in [0.4, 0.5) is 0 Å². The number of hydrogen-bond acceptors (Lipinski definition) is 2. The first-order valence-corrected chi connectivity index (χ1v) is 7.93. The van der Waals surface area contributed by atoms with E-state index in [1.165, 1.54) is 10.8 Å². The van der Waals surface area contributed by atoms with Gasteiger partial charge in [-0.2, -0.15) is 5.26 Å². The molecule has 2 nitrogen and oxygen atoms in total. The van der Waals surface area contributed by atoms with E-state index in [9.17, 15) is 5.26 Å². The summed E-state index contributed by atoms with van der Waals surface area (Å²) in [6, 6.07) is 26.7. The fourth-order valence-electron chi connectivity index (χ4n) is 2.84. The maximum Gasteiger partial charge on any atom is 0.119 e. The van der Waals surface area contributed by atoms with E-state index in [-0.39, 0.29) is 5.92 Å². The van der Waals surface area contributed by atoms with Gasteiger partial charge >= 0.3 is 0 Å². The molecule has 0 fully saturated rings. The molecule has 3 aromatic carbocycles. The number of ether oxygens (including phenoxy) is 1. The second kappa shape index (κ2) is 7.47. The van der Waals surface area contributed by atoms with Gasteiger partial charge in [-0.05, 0) is 41.3 Å². The van der Waals surface area contributed by atoms with E-state index in [0.29, 0.717) is 6.61 Å². The van der Waals surface area contributed by atoms with Crippen molar-refractivity contribution >= 4 is 10.8 Å². The molecular weight excluding hydrogens is 282 g/mol. The number of fused-ring (bicyclic) bond motifs is 1. The van der Waals surface area contributed by atoms with Crippen molar-refractivity contribution in [1.82, 2.24) is 0 Å². The van der Waals surface area contributed by atoms with Crippen LogP contribution in [-0.2, 0) is 0 Å². The highest BCUT2D eigenvalue weighted by Gasteiger charge is 2.13. The largest absolute Gasteiger partial charge is 0.494 e. The summed E-state index contributed by atoms with van der Waals surface area (Å²) in [5.74, 6) is 0.784. The molecule has 0 saturated heterocycles.